The molecule has 182 valence electrons. The third kappa shape index (κ3) is 7.78. The zero-order valence-electron chi connectivity index (χ0n) is 19.8. The Kier molecular flexibility index (Phi) is 10.2. The second-order valence-corrected chi connectivity index (χ2v) is 9.87. The summed E-state index contributed by atoms with van der Waals surface area (Å²) in [6, 6.07) is 9.32. The van der Waals surface area contributed by atoms with Gasteiger partial charge in [-0.05, 0) is 61.7 Å². The van der Waals surface area contributed by atoms with Crippen molar-refractivity contribution in [3.8, 4) is 0 Å². The smallest absolute Gasteiger partial charge is 0.251 e. The third-order valence-corrected chi connectivity index (χ3v) is 6.11. The van der Waals surface area contributed by atoms with Crippen LogP contribution in [0.1, 0.15) is 58.9 Å². The molecule has 1 aliphatic heterocycles. The van der Waals surface area contributed by atoms with Crippen molar-refractivity contribution in [2.45, 2.75) is 65.8 Å². The molecule has 1 aliphatic rings. The quantitative estimate of drug-likeness (QED) is 0.210. The number of carbonyl (C=O) groups excluding carboxylic acids is 3. The number of nitrogens with one attached hydrogen (secondary N) is 3. The predicted octanol–water partition coefficient (Wildman–Crippen LogP) is 2.96. The summed E-state index contributed by atoms with van der Waals surface area (Å²) in [6.45, 7) is 7.94. The number of thiocarbonyl (C=S) groups is 1. The molecule has 4 N–H and O–H groups in total. The van der Waals surface area contributed by atoms with E-state index in [1.165, 1.54) is 5.01 Å². The molecule has 1 aromatic carbocycles. The zero-order chi connectivity index (χ0) is 24.5. The van der Waals surface area contributed by atoms with Crippen molar-refractivity contribution in [2.75, 3.05) is 0 Å². The molecule has 1 aromatic rings. The van der Waals surface area contributed by atoms with E-state index in [-0.39, 0.29) is 28.8 Å². The van der Waals surface area contributed by atoms with Crippen molar-refractivity contribution in [2.24, 2.45) is 23.7 Å². The molecule has 9 heteroatoms. The summed E-state index contributed by atoms with van der Waals surface area (Å²) in [5.74, 6) is -2.26. The van der Waals surface area contributed by atoms with Crippen molar-refractivity contribution < 1.29 is 19.6 Å². The standard InChI is InChI=1S/C24H36N4O4S/c1-15(2)13-19(18(22(30)27-32)12-8-11-17-9-6-5-7-10-17)21(29)26-28-20(14-16(3)4)23(31)25-24(28)33/h5-7,9-10,15-16,18-20,32H,8,11-14H2,1-4H3,(H,26,29)(H,27,30)(H,25,31,33)/t18-,19+,20-/m0/s1. The Morgan fingerprint density at radius 2 is 1.76 bits per heavy atom. The second-order valence-electron chi connectivity index (χ2n) is 9.48. The fraction of sp³-hybridized carbons (Fsp3) is 0.583. The molecule has 1 fully saturated rings. The lowest BCUT2D eigenvalue weighted by Crippen LogP contribution is -2.53. The minimum Gasteiger partial charge on any atom is -0.300 e. The molecule has 0 saturated carbocycles. The van der Waals surface area contributed by atoms with Crippen molar-refractivity contribution in [1.82, 2.24) is 21.2 Å². The highest BCUT2D eigenvalue weighted by molar-refractivity contribution is 7.80. The van der Waals surface area contributed by atoms with E-state index in [1.54, 1.807) is 5.48 Å². The maximum absolute atomic E-state index is 13.4. The SMILES string of the molecule is CC(C)C[C@@H](C(=O)NN1C(=S)NC(=O)[C@@H]1CC(C)C)[C@H](CCCc1ccccc1)C(=O)NO. The molecule has 0 unspecified atom stereocenters. The first-order chi connectivity index (χ1) is 15.6. The fourth-order valence-electron chi connectivity index (χ4n) is 4.23. The topological polar surface area (TPSA) is 111 Å². The molecule has 3 amide bonds. The van der Waals surface area contributed by atoms with Crippen molar-refractivity contribution in [1.29, 1.82) is 0 Å². The van der Waals surface area contributed by atoms with E-state index >= 15 is 0 Å². The van der Waals surface area contributed by atoms with Gasteiger partial charge >= 0.3 is 0 Å². The Morgan fingerprint density at radius 3 is 2.33 bits per heavy atom. The first-order valence-corrected chi connectivity index (χ1v) is 12.0. The maximum atomic E-state index is 13.4. The van der Waals surface area contributed by atoms with Crippen molar-refractivity contribution in [3.63, 3.8) is 0 Å². The van der Waals surface area contributed by atoms with Gasteiger partial charge in [-0.15, -0.1) is 0 Å². The summed E-state index contributed by atoms with van der Waals surface area (Å²) < 4.78 is 0. The monoisotopic (exact) mass is 476 g/mol. The van der Waals surface area contributed by atoms with Crippen LogP contribution >= 0.6 is 12.2 Å². The minimum atomic E-state index is -0.718. The van der Waals surface area contributed by atoms with E-state index in [1.807, 2.05) is 58.0 Å². The Bertz CT molecular complexity index is 831. The van der Waals surface area contributed by atoms with Gasteiger partial charge in [-0.2, -0.15) is 0 Å². The number of benzene rings is 1. The number of hydroxylamine groups is 1. The first kappa shape index (κ1) is 26.7. The van der Waals surface area contributed by atoms with Crippen LogP contribution < -0.4 is 16.2 Å². The summed E-state index contributed by atoms with van der Waals surface area (Å²) in [7, 11) is 0. The summed E-state index contributed by atoms with van der Waals surface area (Å²) in [6.07, 6.45) is 2.85. The third-order valence-electron chi connectivity index (χ3n) is 5.81. The summed E-state index contributed by atoms with van der Waals surface area (Å²) in [5.41, 5.74) is 5.68. The first-order valence-electron chi connectivity index (χ1n) is 11.6. The molecule has 3 atom stereocenters. The van der Waals surface area contributed by atoms with E-state index in [4.69, 9.17) is 12.2 Å². The van der Waals surface area contributed by atoms with Crippen LogP contribution in [0.25, 0.3) is 0 Å². The highest BCUT2D eigenvalue weighted by Gasteiger charge is 2.40. The molecule has 1 saturated heterocycles. The van der Waals surface area contributed by atoms with E-state index in [9.17, 15) is 19.6 Å². The average Bonchev–Trinajstić information content (AvgIpc) is 3.02. The number of hydrogen-bond acceptors (Lipinski definition) is 5. The van der Waals surface area contributed by atoms with Crippen LogP contribution in [0.15, 0.2) is 30.3 Å². The van der Waals surface area contributed by atoms with Crippen molar-refractivity contribution >= 4 is 35.1 Å². The number of aryl methyl sites for hydroxylation is 1. The number of carbonyl (C=O) groups is 3. The maximum Gasteiger partial charge on any atom is 0.251 e. The lowest BCUT2D eigenvalue weighted by molar-refractivity contribution is -0.143. The van der Waals surface area contributed by atoms with Crippen LogP contribution in [-0.4, -0.2) is 39.1 Å². The molecule has 2 rings (SSSR count). The summed E-state index contributed by atoms with van der Waals surface area (Å²) in [5, 5.41) is 13.5. The van der Waals surface area contributed by atoms with E-state index < -0.39 is 23.8 Å². The summed E-state index contributed by atoms with van der Waals surface area (Å²) in [4.78, 5) is 38.3. The molecule has 0 aromatic heterocycles. The Hall–Kier alpha value is -2.52. The van der Waals surface area contributed by atoms with Gasteiger partial charge in [0.15, 0.2) is 5.11 Å². The molecule has 0 radical (unpaired) electrons. The van der Waals surface area contributed by atoms with Gasteiger partial charge in [-0.3, -0.25) is 30.3 Å². The highest BCUT2D eigenvalue weighted by Crippen LogP contribution is 2.27. The van der Waals surface area contributed by atoms with Crippen LogP contribution in [0, 0.1) is 23.7 Å². The van der Waals surface area contributed by atoms with Gasteiger partial charge in [0.25, 0.3) is 5.91 Å². The van der Waals surface area contributed by atoms with E-state index in [0.717, 1.165) is 12.0 Å². The van der Waals surface area contributed by atoms with E-state index in [2.05, 4.69) is 10.7 Å². The Labute approximate surface area is 201 Å². The number of hydrogen-bond donors (Lipinski definition) is 4. The van der Waals surface area contributed by atoms with Gasteiger partial charge in [0, 0.05) is 0 Å². The number of hydrazine groups is 1. The normalized spacial score (nSPS) is 17.8. The number of rotatable bonds is 12. The van der Waals surface area contributed by atoms with E-state index in [0.29, 0.717) is 25.7 Å². The van der Waals surface area contributed by atoms with Gasteiger partial charge in [-0.1, -0.05) is 58.0 Å². The molecule has 0 aliphatic carbocycles. The van der Waals surface area contributed by atoms with Crippen LogP contribution in [0.3, 0.4) is 0 Å². The lowest BCUT2D eigenvalue weighted by Gasteiger charge is -2.31. The van der Waals surface area contributed by atoms with Gasteiger partial charge in [0.1, 0.15) is 6.04 Å². The Balaban J connectivity index is 2.18. The average molecular weight is 477 g/mol. The molecular weight excluding hydrogens is 440 g/mol. The van der Waals surface area contributed by atoms with Crippen molar-refractivity contribution in [3.05, 3.63) is 35.9 Å². The van der Waals surface area contributed by atoms with Crippen LogP contribution in [0.5, 0.6) is 0 Å². The zero-order valence-corrected chi connectivity index (χ0v) is 20.7. The highest BCUT2D eigenvalue weighted by atomic mass is 32.1. The van der Waals surface area contributed by atoms with Gasteiger partial charge < -0.3 is 0 Å². The lowest BCUT2D eigenvalue weighted by atomic mass is 9.81. The van der Waals surface area contributed by atoms with Crippen LogP contribution in [0.4, 0.5) is 0 Å². The Morgan fingerprint density at radius 1 is 1.09 bits per heavy atom. The fourth-order valence-corrected chi connectivity index (χ4v) is 4.50. The largest absolute Gasteiger partial charge is 0.300 e. The molecule has 0 spiro atoms. The van der Waals surface area contributed by atoms with Crippen LogP contribution in [-0.2, 0) is 20.8 Å². The molecule has 0 bridgehead atoms. The van der Waals surface area contributed by atoms with Gasteiger partial charge in [0.2, 0.25) is 11.8 Å². The molecule has 8 nitrogen and oxygen atoms in total. The van der Waals surface area contributed by atoms with Gasteiger partial charge in [-0.25, -0.2) is 10.5 Å². The van der Waals surface area contributed by atoms with Crippen LogP contribution in [0.2, 0.25) is 0 Å². The molecule has 1 heterocycles. The predicted molar refractivity (Wildman–Crippen MR) is 130 cm³/mol. The van der Waals surface area contributed by atoms with Gasteiger partial charge in [0.05, 0.1) is 11.8 Å². The summed E-state index contributed by atoms with van der Waals surface area (Å²) >= 11 is 5.26. The second kappa shape index (κ2) is 12.6. The molecular formula is C24H36N4O4S. The number of amides is 3. The minimum absolute atomic E-state index is 0.139. The molecule has 33 heavy (non-hydrogen) atoms. The number of nitrogens with zero attached hydrogens (tertiary/aromatic N) is 1.